The van der Waals surface area contributed by atoms with Gasteiger partial charge in [0.25, 0.3) is 5.91 Å². The lowest BCUT2D eigenvalue weighted by Gasteiger charge is -2.26. The fourth-order valence-electron chi connectivity index (χ4n) is 2.72. The Morgan fingerprint density at radius 1 is 1.21 bits per heavy atom. The van der Waals surface area contributed by atoms with E-state index >= 15 is 0 Å². The third kappa shape index (κ3) is 7.12. The van der Waals surface area contributed by atoms with Crippen LogP contribution in [0.4, 0.5) is 14.9 Å². The van der Waals surface area contributed by atoms with Crippen molar-refractivity contribution in [2.24, 2.45) is 0 Å². The number of hydrogen-bond acceptors (Lipinski definition) is 4. The van der Waals surface area contributed by atoms with E-state index in [2.05, 4.69) is 22.5 Å². The number of anilines is 1. The van der Waals surface area contributed by atoms with Crippen molar-refractivity contribution < 1.29 is 14.0 Å². The van der Waals surface area contributed by atoms with Crippen LogP contribution in [-0.4, -0.2) is 34.4 Å². The zero-order valence-corrected chi connectivity index (χ0v) is 18.0. The molecular formula is C21H29FN4O2S. The van der Waals surface area contributed by atoms with Crippen LogP contribution in [0.15, 0.2) is 29.6 Å². The Hall–Kier alpha value is -2.48. The number of nitrogens with one attached hydrogen (secondary N) is 2. The molecule has 1 heterocycles. The number of nitrogens with zero attached hydrogens (tertiary/aromatic N) is 2. The smallest absolute Gasteiger partial charge is 0.322 e. The summed E-state index contributed by atoms with van der Waals surface area (Å²) in [5.41, 5.74) is 0.490. The van der Waals surface area contributed by atoms with Crippen molar-refractivity contribution >= 4 is 29.0 Å². The summed E-state index contributed by atoms with van der Waals surface area (Å²) < 4.78 is 13.8. The number of thiazole rings is 1. The summed E-state index contributed by atoms with van der Waals surface area (Å²) >= 11 is 1.33. The number of unbranched alkanes of at least 4 members (excludes halogenated alkanes) is 3. The van der Waals surface area contributed by atoms with Gasteiger partial charge in [-0.1, -0.05) is 38.3 Å². The molecule has 2 N–H and O–H groups in total. The zero-order valence-electron chi connectivity index (χ0n) is 17.2. The second kappa shape index (κ2) is 11.5. The number of rotatable bonds is 10. The van der Waals surface area contributed by atoms with Gasteiger partial charge >= 0.3 is 6.03 Å². The molecule has 0 saturated heterocycles. The first-order valence-corrected chi connectivity index (χ1v) is 10.8. The number of amides is 3. The van der Waals surface area contributed by atoms with E-state index in [1.807, 2.05) is 13.8 Å². The van der Waals surface area contributed by atoms with Crippen molar-refractivity contribution in [1.82, 2.24) is 15.2 Å². The molecular weight excluding hydrogens is 391 g/mol. The molecule has 3 amide bonds. The number of carbonyl (C=O) groups excluding carboxylic acids is 2. The quantitative estimate of drug-likeness (QED) is 0.529. The lowest BCUT2D eigenvalue weighted by molar-refractivity contribution is 0.0948. The van der Waals surface area contributed by atoms with Crippen LogP contribution >= 0.6 is 11.3 Å². The zero-order chi connectivity index (χ0) is 21.2. The number of halogens is 1. The molecule has 2 aromatic rings. The fourth-order valence-corrected chi connectivity index (χ4v) is 3.49. The van der Waals surface area contributed by atoms with Crippen LogP contribution < -0.4 is 10.6 Å². The van der Waals surface area contributed by atoms with Gasteiger partial charge in [-0.05, 0) is 32.4 Å². The predicted octanol–water partition coefficient (Wildman–Crippen LogP) is 5.03. The second-order valence-electron chi connectivity index (χ2n) is 7.07. The Morgan fingerprint density at radius 3 is 2.66 bits per heavy atom. The van der Waals surface area contributed by atoms with E-state index in [0.717, 1.165) is 25.7 Å². The molecule has 0 aliphatic carbocycles. The maximum absolute atomic E-state index is 13.8. The van der Waals surface area contributed by atoms with E-state index in [4.69, 9.17) is 0 Å². The molecule has 0 aliphatic rings. The van der Waals surface area contributed by atoms with Crippen LogP contribution in [0.5, 0.6) is 0 Å². The van der Waals surface area contributed by atoms with Crippen LogP contribution in [0, 0.1) is 5.82 Å². The highest BCUT2D eigenvalue weighted by molar-refractivity contribution is 7.09. The third-order valence-electron chi connectivity index (χ3n) is 4.41. The number of benzene rings is 1. The van der Waals surface area contributed by atoms with Crippen molar-refractivity contribution in [3.8, 4) is 0 Å². The third-order valence-corrected chi connectivity index (χ3v) is 5.24. The highest BCUT2D eigenvalue weighted by atomic mass is 32.1. The van der Waals surface area contributed by atoms with E-state index < -0.39 is 11.8 Å². The van der Waals surface area contributed by atoms with Crippen molar-refractivity contribution in [3.05, 3.63) is 46.2 Å². The van der Waals surface area contributed by atoms with Crippen LogP contribution in [0.3, 0.4) is 0 Å². The van der Waals surface area contributed by atoms with E-state index in [0.29, 0.717) is 17.2 Å². The highest BCUT2D eigenvalue weighted by Gasteiger charge is 2.21. The fraction of sp³-hybridized carbons (Fsp3) is 0.476. The normalized spacial score (nSPS) is 10.8. The summed E-state index contributed by atoms with van der Waals surface area (Å²) in [5, 5.41) is 7.83. The van der Waals surface area contributed by atoms with Crippen molar-refractivity contribution in [2.45, 2.75) is 59.0 Å². The summed E-state index contributed by atoms with van der Waals surface area (Å²) in [6.07, 6.45) is 4.37. The molecule has 29 heavy (non-hydrogen) atoms. The SMILES string of the molecule is CCCCCCNC(=O)c1csc(CN(C(=O)Nc2ccccc2F)C(C)C)n1. The summed E-state index contributed by atoms with van der Waals surface area (Å²) in [6, 6.07) is 5.49. The lowest BCUT2D eigenvalue weighted by Crippen LogP contribution is -2.39. The van der Waals surface area contributed by atoms with Gasteiger partial charge in [-0.3, -0.25) is 4.79 Å². The molecule has 0 radical (unpaired) electrons. The van der Waals surface area contributed by atoms with Gasteiger partial charge in [-0.25, -0.2) is 14.2 Å². The molecule has 2 rings (SSSR count). The molecule has 158 valence electrons. The van der Waals surface area contributed by atoms with Gasteiger partial charge in [0, 0.05) is 18.0 Å². The van der Waals surface area contributed by atoms with Crippen molar-refractivity contribution in [3.63, 3.8) is 0 Å². The van der Waals surface area contributed by atoms with Crippen molar-refractivity contribution in [2.75, 3.05) is 11.9 Å². The Kier molecular flexibility index (Phi) is 9.05. The molecule has 0 saturated carbocycles. The Bertz CT molecular complexity index is 809. The highest BCUT2D eigenvalue weighted by Crippen LogP contribution is 2.18. The monoisotopic (exact) mass is 420 g/mol. The molecule has 0 spiro atoms. The molecule has 6 nitrogen and oxygen atoms in total. The summed E-state index contributed by atoms with van der Waals surface area (Å²) in [4.78, 5) is 30.8. The lowest BCUT2D eigenvalue weighted by atomic mass is 10.2. The first-order chi connectivity index (χ1) is 13.9. The van der Waals surface area contributed by atoms with Gasteiger partial charge in [0.1, 0.15) is 16.5 Å². The van der Waals surface area contributed by atoms with Gasteiger partial charge in [-0.15, -0.1) is 11.3 Å². The Balaban J connectivity index is 1.94. The summed E-state index contributed by atoms with van der Waals surface area (Å²) in [5.74, 6) is -0.687. The van der Waals surface area contributed by atoms with E-state index in [-0.39, 0.29) is 24.2 Å². The van der Waals surface area contributed by atoms with Gasteiger partial charge in [0.15, 0.2) is 0 Å². The maximum atomic E-state index is 13.8. The molecule has 0 aliphatic heterocycles. The molecule has 0 atom stereocenters. The minimum absolute atomic E-state index is 0.124. The number of urea groups is 1. The number of hydrogen-bond donors (Lipinski definition) is 2. The predicted molar refractivity (Wildman–Crippen MR) is 115 cm³/mol. The van der Waals surface area contributed by atoms with Gasteiger partial charge in [0.2, 0.25) is 0 Å². The molecule has 0 unspecified atom stereocenters. The molecule has 0 fully saturated rings. The average Bonchev–Trinajstić information content (AvgIpc) is 3.16. The molecule has 8 heteroatoms. The summed E-state index contributed by atoms with van der Waals surface area (Å²) in [6.45, 7) is 6.77. The Labute approximate surface area is 175 Å². The largest absolute Gasteiger partial charge is 0.351 e. The first-order valence-electron chi connectivity index (χ1n) is 9.97. The van der Waals surface area contributed by atoms with Gasteiger partial charge in [0.05, 0.1) is 12.2 Å². The standard InChI is InChI=1S/C21H29FN4O2S/c1-4-5-6-9-12-23-20(27)18-14-29-19(24-18)13-26(15(2)3)21(28)25-17-11-8-7-10-16(17)22/h7-8,10-11,14-15H,4-6,9,12-13H2,1-3H3,(H,23,27)(H,25,28). The topological polar surface area (TPSA) is 74.3 Å². The van der Waals surface area contributed by atoms with Crippen LogP contribution in [-0.2, 0) is 6.54 Å². The Morgan fingerprint density at radius 2 is 1.97 bits per heavy atom. The number of carbonyl (C=O) groups is 2. The van der Waals surface area contributed by atoms with Gasteiger partial charge < -0.3 is 15.5 Å². The summed E-state index contributed by atoms with van der Waals surface area (Å²) in [7, 11) is 0. The van der Waals surface area contributed by atoms with Crippen LogP contribution in [0.25, 0.3) is 0 Å². The van der Waals surface area contributed by atoms with Crippen LogP contribution in [0.2, 0.25) is 0 Å². The molecule has 0 bridgehead atoms. The minimum atomic E-state index is -0.489. The molecule has 1 aromatic heterocycles. The van der Waals surface area contributed by atoms with E-state index in [1.54, 1.807) is 22.4 Å². The molecule has 1 aromatic carbocycles. The number of aromatic nitrogens is 1. The number of para-hydroxylation sites is 1. The van der Waals surface area contributed by atoms with E-state index in [1.165, 1.54) is 23.5 Å². The van der Waals surface area contributed by atoms with Gasteiger partial charge in [-0.2, -0.15) is 0 Å². The van der Waals surface area contributed by atoms with E-state index in [9.17, 15) is 14.0 Å². The average molecular weight is 421 g/mol. The van der Waals surface area contributed by atoms with Crippen LogP contribution in [0.1, 0.15) is 62.0 Å². The minimum Gasteiger partial charge on any atom is -0.351 e. The maximum Gasteiger partial charge on any atom is 0.322 e. The van der Waals surface area contributed by atoms with Crippen molar-refractivity contribution in [1.29, 1.82) is 0 Å². The second-order valence-corrected chi connectivity index (χ2v) is 8.02. The first kappa shape index (κ1) is 22.8.